The Morgan fingerprint density at radius 1 is 1.07 bits per heavy atom. The van der Waals surface area contributed by atoms with Gasteiger partial charge in [-0.1, -0.05) is 24.3 Å². The lowest BCUT2D eigenvalue weighted by atomic mass is 10.1. The molecule has 1 atom stereocenters. The van der Waals surface area contributed by atoms with Gasteiger partial charge in [0, 0.05) is 38.4 Å². The van der Waals surface area contributed by atoms with Crippen molar-refractivity contribution in [3.05, 3.63) is 59.2 Å². The Morgan fingerprint density at radius 2 is 1.77 bits per heavy atom. The summed E-state index contributed by atoms with van der Waals surface area (Å²) in [6, 6.07) is 13.8. The molecule has 30 heavy (non-hydrogen) atoms. The van der Waals surface area contributed by atoms with Gasteiger partial charge in [0.15, 0.2) is 0 Å². The van der Waals surface area contributed by atoms with E-state index in [1.165, 1.54) is 23.9 Å². The van der Waals surface area contributed by atoms with Crippen LogP contribution in [0.25, 0.3) is 0 Å². The van der Waals surface area contributed by atoms with Crippen LogP contribution in [0.1, 0.15) is 16.7 Å². The number of hydrogen-bond acceptors (Lipinski definition) is 6. The van der Waals surface area contributed by atoms with Crippen molar-refractivity contribution in [2.75, 3.05) is 51.3 Å². The Bertz CT molecular complexity index is 830. The number of aliphatic hydroxyl groups excluding tert-OH is 1. The zero-order chi connectivity index (χ0) is 21.5. The van der Waals surface area contributed by atoms with Crippen LogP contribution in [0, 0.1) is 13.8 Å². The molecule has 0 bridgehead atoms. The van der Waals surface area contributed by atoms with Crippen molar-refractivity contribution in [2.24, 2.45) is 0 Å². The van der Waals surface area contributed by atoms with E-state index in [0.717, 1.165) is 31.7 Å². The molecular formula is C24H32N2O4. The summed E-state index contributed by atoms with van der Waals surface area (Å²) in [6.45, 7) is 8.94. The number of anilines is 1. The van der Waals surface area contributed by atoms with E-state index in [-0.39, 0.29) is 19.0 Å². The summed E-state index contributed by atoms with van der Waals surface area (Å²) < 4.78 is 10.4. The largest absolute Gasteiger partial charge is 0.491 e. The van der Waals surface area contributed by atoms with E-state index in [1.54, 1.807) is 0 Å². The van der Waals surface area contributed by atoms with Crippen molar-refractivity contribution >= 4 is 11.7 Å². The highest BCUT2D eigenvalue weighted by atomic mass is 16.5. The molecule has 0 aromatic heterocycles. The normalized spacial score (nSPS) is 15.7. The number of β-amino-alcohol motifs (C(OH)–C–C–N with tert-alkyl or cyclic N) is 1. The number of piperazine rings is 1. The van der Waals surface area contributed by atoms with E-state index in [2.05, 4.69) is 46.6 Å². The fourth-order valence-corrected chi connectivity index (χ4v) is 3.74. The van der Waals surface area contributed by atoms with E-state index < -0.39 is 6.10 Å². The summed E-state index contributed by atoms with van der Waals surface area (Å²) in [5.41, 5.74) is 4.85. The lowest BCUT2D eigenvalue weighted by molar-refractivity contribution is -0.139. The first kappa shape index (κ1) is 22.1. The van der Waals surface area contributed by atoms with Gasteiger partial charge >= 0.3 is 5.97 Å². The van der Waals surface area contributed by atoms with Crippen LogP contribution in [0.15, 0.2) is 42.5 Å². The molecule has 1 fully saturated rings. The molecule has 3 rings (SSSR count). The van der Waals surface area contributed by atoms with E-state index >= 15 is 0 Å². The highest BCUT2D eigenvalue weighted by Gasteiger charge is 2.21. The molecule has 0 radical (unpaired) electrons. The van der Waals surface area contributed by atoms with E-state index in [4.69, 9.17) is 4.74 Å². The Kier molecular flexibility index (Phi) is 7.71. The van der Waals surface area contributed by atoms with Crippen LogP contribution in [0.2, 0.25) is 0 Å². The molecule has 2 aromatic rings. The van der Waals surface area contributed by atoms with Crippen molar-refractivity contribution < 1.29 is 19.4 Å². The van der Waals surface area contributed by atoms with Gasteiger partial charge in [-0.3, -0.25) is 9.69 Å². The van der Waals surface area contributed by atoms with Gasteiger partial charge in [0.05, 0.1) is 13.5 Å². The molecule has 162 valence electrons. The van der Waals surface area contributed by atoms with Crippen LogP contribution in [0.4, 0.5) is 5.69 Å². The monoisotopic (exact) mass is 412 g/mol. The lowest BCUT2D eigenvalue weighted by Gasteiger charge is -2.37. The molecule has 0 spiro atoms. The van der Waals surface area contributed by atoms with Gasteiger partial charge in [-0.2, -0.15) is 0 Å². The zero-order valence-electron chi connectivity index (χ0n) is 18.1. The molecule has 1 heterocycles. The van der Waals surface area contributed by atoms with Gasteiger partial charge < -0.3 is 19.5 Å². The zero-order valence-corrected chi connectivity index (χ0v) is 18.1. The van der Waals surface area contributed by atoms with Gasteiger partial charge in [0.1, 0.15) is 18.5 Å². The van der Waals surface area contributed by atoms with Gasteiger partial charge in [0.25, 0.3) is 0 Å². The van der Waals surface area contributed by atoms with Crippen molar-refractivity contribution in [3.63, 3.8) is 0 Å². The topological polar surface area (TPSA) is 62.2 Å². The molecule has 6 heteroatoms. The number of aryl methyl sites for hydroxylation is 1. The first-order valence-electron chi connectivity index (χ1n) is 10.5. The predicted molar refractivity (Wildman–Crippen MR) is 118 cm³/mol. The number of carbonyl (C=O) groups is 1. The lowest BCUT2D eigenvalue weighted by Crippen LogP contribution is -2.49. The molecule has 0 amide bonds. The second kappa shape index (κ2) is 10.5. The third-order valence-electron chi connectivity index (χ3n) is 5.70. The number of esters is 1. The number of aliphatic hydroxyl groups is 1. The average Bonchev–Trinajstić information content (AvgIpc) is 2.76. The number of methoxy groups -OCH3 is 1. The van der Waals surface area contributed by atoms with Crippen molar-refractivity contribution in [1.82, 2.24) is 4.90 Å². The van der Waals surface area contributed by atoms with Crippen LogP contribution >= 0.6 is 0 Å². The molecule has 1 aliphatic rings. The molecule has 1 aliphatic heterocycles. The minimum absolute atomic E-state index is 0.244. The van der Waals surface area contributed by atoms with Crippen molar-refractivity contribution in [2.45, 2.75) is 26.4 Å². The SMILES string of the molecule is COC(=O)Cc1ccc(OCC(O)CN2CCN(c3cccc(C)c3C)CC2)cc1. The minimum atomic E-state index is -0.549. The molecule has 0 saturated carbocycles. The highest BCUT2D eigenvalue weighted by molar-refractivity contribution is 5.72. The van der Waals surface area contributed by atoms with Crippen LogP contribution in [-0.4, -0.2) is 68.5 Å². The predicted octanol–water partition coefficient (Wildman–Crippen LogP) is 2.58. The third-order valence-corrected chi connectivity index (χ3v) is 5.70. The van der Waals surface area contributed by atoms with Crippen molar-refractivity contribution in [3.8, 4) is 5.75 Å². The summed E-state index contributed by atoms with van der Waals surface area (Å²) in [5.74, 6) is 0.416. The Labute approximate surface area is 179 Å². The number of hydrogen-bond donors (Lipinski definition) is 1. The van der Waals surface area contributed by atoms with Crippen LogP contribution in [-0.2, 0) is 16.0 Å². The van der Waals surface area contributed by atoms with Gasteiger partial charge in [-0.15, -0.1) is 0 Å². The quantitative estimate of drug-likeness (QED) is 0.673. The molecule has 1 unspecified atom stereocenters. The number of carbonyl (C=O) groups excluding carboxylic acids is 1. The van der Waals surface area contributed by atoms with E-state index in [9.17, 15) is 9.90 Å². The first-order chi connectivity index (χ1) is 14.5. The maximum Gasteiger partial charge on any atom is 0.309 e. The standard InChI is InChI=1S/C24H32N2O4/c1-18-5-4-6-23(19(18)2)26-13-11-25(12-14-26)16-21(27)17-30-22-9-7-20(8-10-22)15-24(28)29-3/h4-10,21,27H,11-17H2,1-3H3. The molecule has 1 saturated heterocycles. The summed E-state index contributed by atoms with van der Waals surface area (Å²) in [5, 5.41) is 10.4. The van der Waals surface area contributed by atoms with Gasteiger partial charge in [-0.25, -0.2) is 0 Å². The number of benzene rings is 2. The van der Waals surface area contributed by atoms with Crippen LogP contribution in [0.3, 0.4) is 0 Å². The van der Waals surface area contributed by atoms with Crippen LogP contribution < -0.4 is 9.64 Å². The fraction of sp³-hybridized carbons (Fsp3) is 0.458. The molecule has 6 nitrogen and oxygen atoms in total. The first-order valence-corrected chi connectivity index (χ1v) is 10.5. The summed E-state index contributed by atoms with van der Waals surface area (Å²) in [6.07, 6.45) is -0.306. The van der Waals surface area contributed by atoms with Crippen LogP contribution in [0.5, 0.6) is 5.75 Å². The Hall–Kier alpha value is -2.57. The summed E-state index contributed by atoms with van der Waals surface area (Å²) >= 11 is 0. The molecule has 0 aliphatic carbocycles. The Morgan fingerprint density at radius 3 is 2.43 bits per heavy atom. The Balaban J connectivity index is 1.41. The van der Waals surface area contributed by atoms with Gasteiger partial charge in [-0.05, 0) is 48.7 Å². The number of rotatable bonds is 8. The number of nitrogens with zero attached hydrogens (tertiary/aromatic N) is 2. The second-order valence-corrected chi connectivity index (χ2v) is 7.87. The van der Waals surface area contributed by atoms with E-state index in [1.807, 2.05) is 24.3 Å². The smallest absolute Gasteiger partial charge is 0.309 e. The van der Waals surface area contributed by atoms with Gasteiger partial charge in [0.2, 0.25) is 0 Å². The maximum absolute atomic E-state index is 11.3. The summed E-state index contributed by atoms with van der Waals surface area (Å²) in [7, 11) is 1.38. The summed E-state index contributed by atoms with van der Waals surface area (Å²) in [4.78, 5) is 16.0. The minimum Gasteiger partial charge on any atom is -0.491 e. The average molecular weight is 413 g/mol. The number of ether oxygens (including phenoxy) is 2. The van der Waals surface area contributed by atoms with E-state index in [0.29, 0.717) is 12.3 Å². The second-order valence-electron chi connectivity index (χ2n) is 7.87. The third kappa shape index (κ3) is 5.97. The maximum atomic E-state index is 11.3. The molecular weight excluding hydrogens is 380 g/mol. The molecule has 1 N–H and O–H groups in total. The van der Waals surface area contributed by atoms with Crippen molar-refractivity contribution in [1.29, 1.82) is 0 Å². The fourth-order valence-electron chi connectivity index (χ4n) is 3.74. The highest BCUT2D eigenvalue weighted by Crippen LogP contribution is 2.24. The molecule has 2 aromatic carbocycles.